The lowest BCUT2D eigenvalue weighted by atomic mass is 9.94. The Kier molecular flexibility index (Phi) is 8.29. The Balaban J connectivity index is 2.11. The molecule has 0 aliphatic carbocycles. The molecule has 168 valence electrons. The fourth-order valence-electron chi connectivity index (χ4n) is 3.21. The zero-order valence-corrected chi connectivity index (χ0v) is 19.5. The van der Waals surface area contributed by atoms with Crippen LogP contribution in [0.5, 0.6) is 0 Å². The van der Waals surface area contributed by atoms with Crippen molar-refractivity contribution >= 4 is 33.6 Å². The summed E-state index contributed by atoms with van der Waals surface area (Å²) in [6.07, 6.45) is 2.15. The summed E-state index contributed by atoms with van der Waals surface area (Å²) >= 11 is 1.49. The van der Waals surface area contributed by atoms with E-state index >= 15 is 0 Å². The Morgan fingerprint density at radius 3 is 2.23 bits per heavy atom. The van der Waals surface area contributed by atoms with Crippen LogP contribution in [0.3, 0.4) is 0 Å². The number of carbonyl (C=O) groups excluding carboxylic acids is 2. The zero-order chi connectivity index (χ0) is 22.5. The van der Waals surface area contributed by atoms with Crippen LogP contribution in [0.25, 0.3) is 0 Å². The second kappa shape index (κ2) is 10.1. The molecule has 0 bridgehead atoms. The Morgan fingerprint density at radius 2 is 1.70 bits per heavy atom. The van der Waals surface area contributed by atoms with Crippen molar-refractivity contribution in [3.05, 3.63) is 30.1 Å². The molecule has 1 heterocycles. The number of hydrogen-bond donors (Lipinski definition) is 1. The van der Waals surface area contributed by atoms with Crippen molar-refractivity contribution in [3.8, 4) is 0 Å². The maximum Gasteiger partial charge on any atom is 0.244 e. The average molecular weight is 460 g/mol. The first-order valence-corrected chi connectivity index (χ1v) is 12.7. The lowest BCUT2D eigenvalue weighted by molar-refractivity contribution is -0.145. The highest BCUT2D eigenvalue weighted by molar-refractivity contribution is 7.98. The lowest BCUT2D eigenvalue weighted by Crippen LogP contribution is -2.57. The molecule has 0 saturated carbocycles. The monoisotopic (exact) mass is 459 g/mol. The van der Waals surface area contributed by atoms with Crippen LogP contribution in [0.15, 0.2) is 29.2 Å². The Morgan fingerprint density at radius 1 is 1.13 bits per heavy atom. The molecule has 1 fully saturated rings. The summed E-state index contributed by atoms with van der Waals surface area (Å²) in [7, 11) is -4.19. The van der Waals surface area contributed by atoms with Gasteiger partial charge in [0.1, 0.15) is 16.8 Å². The van der Waals surface area contributed by atoms with Gasteiger partial charge in [-0.25, -0.2) is 12.8 Å². The van der Waals surface area contributed by atoms with E-state index in [2.05, 4.69) is 4.72 Å². The quantitative estimate of drug-likeness (QED) is 0.674. The summed E-state index contributed by atoms with van der Waals surface area (Å²) < 4.78 is 41.8. The highest BCUT2D eigenvalue weighted by Crippen LogP contribution is 2.20. The lowest BCUT2D eigenvalue weighted by Gasteiger charge is -2.38. The molecule has 0 spiro atoms. The van der Waals surface area contributed by atoms with Gasteiger partial charge in [-0.1, -0.05) is 32.9 Å². The number of rotatable bonds is 7. The number of nitrogens with one attached hydrogen (secondary N) is 1. The number of hydrogen-bond acceptors (Lipinski definition) is 5. The topological polar surface area (TPSA) is 86.8 Å². The fraction of sp³-hybridized carbons (Fsp3) is 0.600. The van der Waals surface area contributed by atoms with E-state index in [9.17, 15) is 22.4 Å². The standard InChI is InChI=1S/C20H30FN3O4S2/c1-20(2,3)19(26)24-12-10-23(11-13-24)18(25)16(9-14-29-4)22-30(27,28)17-8-6-5-7-15(17)21/h5-8,16,22H,9-14H2,1-4H3. The molecule has 1 aromatic rings. The minimum atomic E-state index is -4.19. The molecule has 0 radical (unpaired) electrons. The molecule has 1 aliphatic rings. The van der Waals surface area contributed by atoms with Crippen molar-refractivity contribution in [1.82, 2.24) is 14.5 Å². The molecular formula is C20H30FN3O4S2. The second-order valence-corrected chi connectivity index (χ2v) is 10.9. The predicted octanol–water partition coefficient (Wildman–Crippen LogP) is 1.94. The number of benzene rings is 1. The molecule has 1 atom stereocenters. The second-order valence-electron chi connectivity index (χ2n) is 8.25. The first-order chi connectivity index (χ1) is 14.0. The number of nitrogens with zero attached hydrogens (tertiary/aromatic N) is 2. The average Bonchev–Trinajstić information content (AvgIpc) is 2.69. The maximum atomic E-state index is 14.0. The third-order valence-electron chi connectivity index (χ3n) is 4.85. The first-order valence-electron chi connectivity index (χ1n) is 9.81. The van der Waals surface area contributed by atoms with Crippen molar-refractivity contribution in [2.75, 3.05) is 38.2 Å². The SMILES string of the molecule is CSCCC(NS(=O)(=O)c1ccccc1F)C(=O)N1CCN(C(=O)C(C)(C)C)CC1. The Bertz CT molecular complexity index is 863. The molecule has 1 saturated heterocycles. The summed E-state index contributed by atoms with van der Waals surface area (Å²) in [4.78, 5) is 28.3. The van der Waals surface area contributed by atoms with Gasteiger partial charge in [-0.05, 0) is 30.6 Å². The number of amides is 2. The van der Waals surface area contributed by atoms with E-state index in [0.717, 1.165) is 6.07 Å². The van der Waals surface area contributed by atoms with E-state index < -0.39 is 32.2 Å². The van der Waals surface area contributed by atoms with Gasteiger partial charge in [0.05, 0.1) is 0 Å². The van der Waals surface area contributed by atoms with E-state index in [-0.39, 0.29) is 18.2 Å². The molecule has 0 aromatic heterocycles. The van der Waals surface area contributed by atoms with Crippen LogP contribution in [-0.2, 0) is 19.6 Å². The number of halogens is 1. The largest absolute Gasteiger partial charge is 0.339 e. The minimum absolute atomic E-state index is 0.0220. The molecule has 1 aliphatic heterocycles. The van der Waals surface area contributed by atoms with Gasteiger partial charge in [0.15, 0.2) is 0 Å². The molecule has 1 unspecified atom stereocenters. The Labute approximate surface area is 182 Å². The third kappa shape index (κ3) is 6.18. The summed E-state index contributed by atoms with van der Waals surface area (Å²) in [5.41, 5.74) is -0.498. The van der Waals surface area contributed by atoms with Gasteiger partial charge in [0.25, 0.3) is 0 Å². The molecule has 10 heteroatoms. The van der Waals surface area contributed by atoms with Crippen molar-refractivity contribution in [2.24, 2.45) is 5.41 Å². The third-order valence-corrected chi connectivity index (χ3v) is 7.00. The molecule has 2 amide bonds. The Hall–Kier alpha value is -1.65. The summed E-state index contributed by atoms with van der Waals surface area (Å²) in [6, 6.07) is 4.08. The highest BCUT2D eigenvalue weighted by atomic mass is 32.2. The van der Waals surface area contributed by atoms with Crippen LogP contribution in [-0.4, -0.2) is 74.3 Å². The van der Waals surface area contributed by atoms with Crippen molar-refractivity contribution in [1.29, 1.82) is 0 Å². The van der Waals surface area contributed by atoms with E-state index in [4.69, 9.17) is 0 Å². The first kappa shape index (κ1) is 24.6. The van der Waals surface area contributed by atoms with Crippen LogP contribution < -0.4 is 4.72 Å². The minimum Gasteiger partial charge on any atom is -0.339 e. The zero-order valence-electron chi connectivity index (χ0n) is 17.9. The van der Waals surface area contributed by atoms with Gasteiger partial charge in [-0.3, -0.25) is 9.59 Å². The number of carbonyl (C=O) groups is 2. The van der Waals surface area contributed by atoms with Gasteiger partial charge in [-0.15, -0.1) is 0 Å². The van der Waals surface area contributed by atoms with Gasteiger partial charge in [-0.2, -0.15) is 16.5 Å². The van der Waals surface area contributed by atoms with E-state index in [1.54, 1.807) is 9.80 Å². The molecule has 1 aromatic carbocycles. The van der Waals surface area contributed by atoms with Crippen molar-refractivity contribution < 1.29 is 22.4 Å². The van der Waals surface area contributed by atoms with Crippen LogP contribution in [0.2, 0.25) is 0 Å². The smallest absolute Gasteiger partial charge is 0.244 e. The summed E-state index contributed by atoms with van der Waals surface area (Å²) in [5.74, 6) is -0.630. The number of sulfonamides is 1. The van der Waals surface area contributed by atoms with Crippen molar-refractivity contribution in [3.63, 3.8) is 0 Å². The molecule has 30 heavy (non-hydrogen) atoms. The maximum absolute atomic E-state index is 14.0. The summed E-state index contributed by atoms with van der Waals surface area (Å²) in [5, 5.41) is 0. The van der Waals surface area contributed by atoms with E-state index in [1.165, 1.54) is 30.0 Å². The highest BCUT2D eigenvalue weighted by Gasteiger charge is 2.34. The van der Waals surface area contributed by atoms with Gasteiger partial charge < -0.3 is 9.80 Å². The molecule has 1 N–H and O–H groups in total. The van der Waals surface area contributed by atoms with Crippen LogP contribution in [0, 0.1) is 11.2 Å². The summed E-state index contributed by atoms with van der Waals surface area (Å²) in [6.45, 7) is 7.01. The van der Waals surface area contributed by atoms with Crippen LogP contribution in [0.1, 0.15) is 27.2 Å². The fourth-order valence-corrected chi connectivity index (χ4v) is 4.98. The van der Waals surface area contributed by atoms with Crippen molar-refractivity contribution in [2.45, 2.75) is 38.1 Å². The predicted molar refractivity (Wildman–Crippen MR) is 116 cm³/mol. The van der Waals surface area contributed by atoms with Gasteiger partial charge in [0.2, 0.25) is 21.8 Å². The molecule has 7 nitrogen and oxygen atoms in total. The van der Waals surface area contributed by atoms with E-state index in [1.807, 2.05) is 27.0 Å². The number of thioether (sulfide) groups is 1. The van der Waals surface area contributed by atoms with Crippen LogP contribution >= 0.6 is 11.8 Å². The van der Waals surface area contributed by atoms with Gasteiger partial charge >= 0.3 is 0 Å². The van der Waals surface area contributed by atoms with E-state index in [0.29, 0.717) is 31.9 Å². The molecular weight excluding hydrogens is 429 g/mol. The van der Waals surface area contributed by atoms with Gasteiger partial charge in [0, 0.05) is 31.6 Å². The molecule has 2 rings (SSSR count). The normalized spacial score (nSPS) is 16.4. The van der Waals surface area contributed by atoms with Crippen LogP contribution in [0.4, 0.5) is 4.39 Å². The number of piperazine rings is 1.